The van der Waals surface area contributed by atoms with Gasteiger partial charge in [0, 0.05) is 25.2 Å². The number of hydrogen-bond donors (Lipinski definition) is 5. The van der Waals surface area contributed by atoms with Crippen LogP contribution in [-0.4, -0.2) is 58.9 Å². The van der Waals surface area contributed by atoms with E-state index in [1.807, 2.05) is 0 Å². The maximum atomic E-state index is 12.3. The summed E-state index contributed by atoms with van der Waals surface area (Å²) in [6, 6.07) is 1.43. The highest BCUT2D eigenvalue weighted by Crippen LogP contribution is 2.11. The average molecular weight is 452 g/mol. The van der Waals surface area contributed by atoms with Crippen LogP contribution in [0.5, 0.6) is 0 Å². The number of aromatic nitrogens is 1. The first kappa shape index (κ1) is 26.5. The van der Waals surface area contributed by atoms with Gasteiger partial charge in [-0.25, -0.2) is 9.59 Å². The van der Waals surface area contributed by atoms with Crippen LogP contribution in [0.4, 0.5) is 4.79 Å². The third-order valence-electron chi connectivity index (χ3n) is 3.79. The van der Waals surface area contributed by atoms with Gasteiger partial charge in [0.1, 0.15) is 11.8 Å². The van der Waals surface area contributed by atoms with Gasteiger partial charge < -0.3 is 30.2 Å². The van der Waals surface area contributed by atoms with Crippen molar-refractivity contribution in [1.29, 1.82) is 0 Å². The maximum Gasteiger partial charge on any atom is 0.407 e. The van der Waals surface area contributed by atoms with Crippen molar-refractivity contribution in [3.05, 3.63) is 29.1 Å². The fraction of sp³-hybridized carbons (Fsp3) is 0.524. The molecule has 0 saturated carbocycles. The predicted molar refractivity (Wildman–Crippen MR) is 120 cm³/mol. The molecule has 11 heteroatoms. The molecule has 0 spiro atoms. The Kier molecular flexibility index (Phi) is 10.3. The van der Waals surface area contributed by atoms with Gasteiger partial charge >= 0.3 is 12.1 Å². The van der Waals surface area contributed by atoms with Crippen LogP contribution in [0.3, 0.4) is 0 Å². The first-order chi connectivity index (χ1) is 14.9. The molecule has 1 aromatic heterocycles. The lowest BCUT2D eigenvalue weighted by Gasteiger charge is -2.19. The molecule has 0 aliphatic rings. The maximum absolute atomic E-state index is 12.3. The van der Waals surface area contributed by atoms with Gasteiger partial charge in [0.15, 0.2) is 0 Å². The van der Waals surface area contributed by atoms with Crippen molar-refractivity contribution in [3.8, 4) is 0 Å². The van der Waals surface area contributed by atoms with E-state index >= 15 is 0 Å². The number of H-pyrrole nitrogens is 1. The fourth-order valence-corrected chi connectivity index (χ4v) is 2.33. The number of carboxylic acids is 1. The van der Waals surface area contributed by atoms with Crippen LogP contribution in [-0.2, 0) is 14.3 Å². The third kappa shape index (κ3) is 10.5. The Morgan fingerprint density at radius 3 is 2.59 bits per heavy atom. The van der Waals surface area contributed by atoms with Crippen molar-refractivity contribution >= 4 is 29.9 Å². The van der Waals surface area contributed by atoms with Crippen molar-refractivity contribution < 1.29 is 29.0 Å². The number of hydrazone groups is 1. The second-order valence-corrected chi connectivity index (χ2v) is 8.02. The van der Waals surface area contributed by atoms with Crippen molar-refractivity contribution in [1.82, 2.24) is 21.0 Å². The Balaban J connectivity index is 2.36. The van der Waals surface area contributed by atoms with Gasteiger partial charge in [-0.05, 0) is 53.2 Å². The smallest absolute Gasteiger partial charge is 0.407 e. The Bertz CT molecular complexity index is 853. The standard InChI is InChI=1S/C21H33N5O6/c1-13(12-17-16(19(28)29)8-10-22-17)18(27)24-14(2)25-26-15(3)31-11-7-9-23-20(30)32-21(4,5)6/h8,10,12,14,22,25H,7,9,11H2,1-6H3,(H,23,30)(H,24,27)(H,28,29)/b13-12-,26-15+. The quantitative estimate of drug-likeness (QED) is 0.0914. The van der Waals surface area contributed by atoms with Gasteiger partial charge in [-0.15, -0.1) is 5.10 Å². The van der Waals surface area contributed by atoms with Crippen LogP contribution in [0.25, 0.3) is 6.08 Å². The number of nitrogens with zero attached hydrogens (tertiary/aromatic N) is 1. The summed E-state index contributed by atoms with van der Waals surface area (Å²) in [5.41, 5.74) is 2.97. The molecule has 1 atom stereocenters. The minimum atomic E-state index is -1.08. The van der Waals surface area contributed by atoms with Gasteiger partial charge in [0.25, 0.3) is 0 Å². The largest absolute Gasteiger partial charge is 0.480 e. The summed E-state index contributed by atoms with van der Waals surface area (Å²) < 4.78 is 10.6. The number of carboxylic acid groups (broad SMARTS) is 1. The summed E-state index contributed by atoms with van der Waals surface area (Å²) in [4.78, 5) is 37.7. The van der Waals surface area contributed by atoms with Crippen molar-refractivity contribution in [2.75, 3.05) is 13.2 Å². The number of carbonyl (C=O) groups excluding carboxylic acids is 2. The van der Waals surface area contributed by atoms with E-state index in [9.17, 15) is 14.4 Å². The molecule has 2 amide bonds. The molecular weight excluding hydrogens is 418 g/mol. The van der Waals surface area contributed by atoms with Crippen LogP contribution in [0, 0.1) is 0 Å². The Hall–Kier alpha value is -3.50. The number of alkyl carbamates (subject to hydrolysis) is 1. The number of amides is 2. The predicted octanol–water partition coefficient (Wildman–Crippen LogP) is 2.43. The van der Waals surface area contributed by atoms with E-state index < -0.39 is 23.8 Å². The number of aromatic amines is 1. The number of hydrogen-bond acceptors (Lipinski definition) is 7. The molecule has 5 N–H and O–H groups in total. The van der Waals surface area contributed by atoms with Crippen LogP contribution in [0.1, 0.15) is 64.0 Å². The highest BCUT2D eigenvalue weighted by Gasteiger charge is 2.15. The fourth-order valence-electron chi connectivity index (χ4n) is 2.33. The van der Waals surface area contributed by atoms with Crippen LogP contribution in [0.15, 0.2) is 22.9 Å². The Labute approximate surface area is 187 Å². The Morgan fingerprint density at radius 1 is 1.28 bits per heavy atom. The van der Waals surface area contributed by atoms with Crippen LogP contribution < -0.4 is 16.1 Å². The van der Waals surface area contributed by atoms with E-state index in [2.05, 4.69) is 26.1 Å². The zero-order valence-corrected chi connectivity index (χ0v) is 19.4. The molecule has 1 heterocycles. The summed E-state index contributed by atoms with van der Waals surface area (Å²) in [6.07, 6.45) is 2.55. The minimum Gasteiger partial charge on any atom is -0.480 e. The highest BCUT2D eigenvalue weighted by atomic mass is 16.6. The number of nitrogens with one attached hydrogen (secondary N) is 4. The van der Waals surface area contributed by atoms with E-state index in [0.717, 1.165) is 0 Å². The van der Waals surface area contributed by atoms with E-state index in [-0.39, 0.29) is 11.5 Å². The van der Waals surface area contributed by atoms with Crippen molar-refractivity contribution in [2.24, 2.45) is 5.10 Å². The third-order valence-corrected chi connectivity index (χ3v) is 3.79. The molecule has 11 nitrogen and oxygen atoms in total. The molecule has 0 saturated heterocycles. The van der Waals surface area contributed by atoms with Gasteiger partial charge in [-0.3, -0.25) is 10.2 Å². The first-order valence-corrected chi connectivity index (χ1v) is 10.2. The monoisotopic (exact) mass is 451 g/mol. The molecule has 1 rings (SSSR count). The zero-order chi connectivity index (χ0) is 24.3. The van der Waals surface area contributed by atoms with E-state index in [4.69, 9.17) is 14.6 Å². The summed E-state index contributed by atoms with van der Waals surface area (Å²) >= 11 is 0. The normalized spacial score (nSPS) is 13.2. The van der Waals surface area contributed by atoms with E-state index in [1.165, 1.54) is 18.3 Å². The average Bonchev–Trinajstić information content (AvgIpc) is 3.13. The molecule has 0 fully saturated rings. The topological polar surface area (TPSA) is 154 Å². The lowest BCUT2D eigenvalue weighted by atomic mass is 10.1. The second-order valence-electron chi connectivity index (χ2n) is 8.02. The lowest BCUT2D eigenvalue weighted by molar-refractivity contribution is -0.118. The van der Waals surface area contributed by atoms with Gasteiger partial charge in [0.05, 0.1) is 17.9 Å². The second kappa shape index (κ2) is 12.4. The number of carbonyl (C=O) groups is 3. The molecule has 1 aromatic rings. The summed E-state index contributed by atoms with van der Waals surface area (Å²) in [5.74, 6) is -1.09. The van der Waals surface area contributed by atoms with Gasteiger partial charge in [-0.1, -0.05) is 0 Å². The lowest BCUT2D eigenvalue weighted by Crippen LogP contribution is -2.41. The molecule has 32 heavy (non-hydrogen) atoms. The molecule has 0 aromatic carbocycles. The summed E-state index contributed by atoms with van der Waals surface area (Å²) in [7, 11) is 0. The highest BCUT2D eigenvalue weighted by molar-refractivity contribution is 5.99. The zero-order valence-electron chi connectivity index (χ0n) is 19.4. The summed E-state index contributed by atoms with van der Waals surface area (Å²) in [6.45, 7) is 11.1. The first-order valence-electron chi connectivity index (χ1n) is 10.2. The molecular formula is C21H33N5O6. The minimum absolute atomic E-state index is 0.0852. The van der Waals surface area contributed by atoms with Crippen molar-refractivity contribution in [3.63, 3.8) is 0 Å². The molecule has 0 bridgehead atoms. The van der Waals surface area contributed by atoms with E-state index in [0.29, 0.717) is 36.7 Å². The Morgan fingerprint density at radius 2 is 1.97 bits per heavy atom. The molecule has 0 aliphatic carbocycles. The SMILES string of the molecule is C/C(=C/c1[nH]ccc1C(=O)O)C(=O)NC(C)N/N=C(\C)OCCCNC(=O)OC(C)(C)C. The van der Waals surface area contributed by atoms with Gasteiger partial charge in [0.2, 0.25) is 11.8 Å². The van der Waals surface area contributed by atoms with Crippen LogP contribution in [0.2, 0.25) is 0 Å². The van der Waals surface area contributed by atoms with Crippen LogP contribution >= 0.6 is 0 Å². The summed E-state index contributed by atoms with van der Waals surface area (Å²) in [5, 5.41) is 18.5. The molecule has 0 aliphatic heterocycles. The number of aromatic carboxylic acids is 1. The molecule has 0 radical (unpaired) electrons. The molecule has 178 valence electrons. The molecule has 1 unspecified atom stereocenters. The van der Waals surface area contributed by atoms with Crippen molar-refractivity contribution in [2.45, 2.75) is 59.7 Å². The van der Waals surface area contributed by atoms with Gasteiger partial charge in [-0.2, -0.15) is 0 Å². The van der Waals surface area contributed by atoms with E-state index in [1.54, 1.807) is 41.5 Å². The number of ether oxygens (including phenoxy) is 2. The number of rotatable bonds is 10.